The Kier molecular flexibility index (Phi) is 5.46. The fourth-order valence-corrected chi connectivity index (χ4v) is 4.89. The van der Waals surface area contributed by atoms with Crippen LogP contribution < -0.4 is 4.90 Å². The number of rotatable bonds is 4. The number of aliphatic carboxylic acids is 1. The summed E-state index contributed by atoms with van der Waals surface area (Å²) in [6.45, 7) is 4.13. The van der Waals surface area contributed by atoms with Gasteiger partial charge in [0.2, 0.25) is 0 Å². The molecule has 2 aromatic carbocycles. The zero-order chi connectivity index (χ0) is 20.4. The van der Waals surface area contributed by atoms with Crippen molar-refractivity contribution >= 4 is 40.1 Å². The van der Waals surface area contributed by atoms with Crippen molar-refractivity contribution < 1.29 is 9.90 Å². The van der Waals surface area contributed by atoms with Gasteiger partial charge in [-0.2, -0.15) is 0 Å². The quantitative estimate of drug-likeness (QED) is 0.743. The molecule has 0 amide bonds. The van der Waals surface area contributed by atoms with Crippen molar-refractivity contribution in [1.29, 1.82) is 0 Å². The number of aryl methyl sites for hydroxylation is 2. The molecule has 1 fully saturated rings. The Morgan fingerprint density at radius 3 is 2.24 bits per heavy atom. The minimum Gasteiger partial charge on any atom is -0.481 e. The molecule has 0 saturated heterocycles. The Balaban J connectivity index is 1.80. The van der Waals surface area contributed by atoms with E-state index in [0.717, 1.165) is 48.1 Å². The summed E-state index contributed by atoms with van der Waals surface area (Å²) in [6.07, 6.45) is 4.15. The van der Waals surface area contributed by atoms with Crippen LogP contribution in [-0.4, -0.2) is 33.4 Å². The number of nitrogens with zero attached hydrogens (tertiary/aromatic N) is 3. The molecule has 0 aromatic heterocycles. The van der Waals surface area contributed by atoms with Crippen LogP contribution in [0.3, 0.4) is 0 Å². The van der Waals surface area contributed by atoms with Crippen molar-refractivity contribution in [1.82, 2.24) is 0 Å². The van der Waals surface area contributed by atoms with E-state index in [9.17, 15) is 9.90 Å². The topological polar surface area (TPSA) is 65.3 Å². The number of hydrogen-bond acceptors (Lipinski definition) is 4. The third kappa shape index (κ3) is 3.94. The summed E-state index contributed by atoms with van der Waals surface area (Å²) in [5.74, 6) is -0.0620. The Labute approximate surface area is 175 Å². The van der Waals surface area contributed by atoms with Crippen molar-refractivity contribution in [2.24, 2.45) is 9.98 Å². The first-order valence-electron chi connectivity index (χ1n) is 9.94. The molecular weight excluding hydrogens is 382 g/mol. The molecule has 1 aliphatic heterocycles. The molecule has 1 spiro atoms. The normalized spacial score (nSPS) is 19.2. The fourth-order valence-electron chi connectivity index (χ4n) is 4.08. The van der Waals surface area contributed by atoms with Crippen LogP contribution in [0.15, 0.2) is 58.5 Å². The van der Waals surface area contributed by atoms with E-state index in [2.05, 4.69) is 55.1 Å². The molecule has 1 saturated carbocycles. The molecule has 6 heteroatoms. The van der Waals surface area contributed by atoms with Gasteiger partial charge in [-0.15, -0.1) is 0 Å². The molecule has 1 N–H and O–H groups in total. The minimum atomic E-state index is -0.842. The Morgan fingerprint density at radius 1 is 1.07 bits per heavy atom. The molecule has 150 valence electrons. The molecule has 29 heavy (non-hydrogen) atoms. The van der Waals surface area contributed by atoms with Crippen molar-refractivity contribution in [3.05, 3.63) is 59.7 Å². The summed E-state index contributed by atoms with van der Waals surface area (Å²) >= 11 is 1.27. The maximum atomic E-state index is 11.2. The van der Waals surface area contributed by atoms with Gasteiger partial charge in [-0.25, -0.2) is 9.98 Å². The lowest BCUT2D eigenvalue weighted by atomic mass is 9.94. The summed E-state index contributed by atoms with van der Waals surface area (Å²) in [4.78, 5) is 23.3. The van der Waals surface area contributed by atoms with Crippen LogP contribution in [0.1, 0.15) is 36.8 Å². The van der Waals surface area contributed by atoms with E-state index in [1.165, 1.54) is 22.9 Å². The fraction of sp³-hybridized carbons (Fsp3) is 0.348. The molecule has 0 bridgehead atoms. The van der Waals surface area contributed by atoms with Gasteiger partial charge >= 0.3 is 5.97 Å². The zero-order valence-electron chi connectivity index (χ0n) is 16.8. The number of amidine groups is 2. The van der Waals surface area contributed by atoms with Gasteiger partial charge in [-0.05, 0) is 51.0 Å². The lowest BCUT2D eigenvalue weighted by molar-refractivity contribution is -0.133. The second kappa shape index (κ2) is 8.03. The molecule has 0 radical (unpaired) electrons. The molecule has 2 aromatic rings. The average molecular weight is 408 g/mol. The first-order valence-corrected chi connectivity index (χ1v) is 10.9. The van der Waals surface area contributed by atoms with Crippen LogP contribution in [-0.2, 0) is 4.79 Å². The van der Waals surface area contributed by atoms with Crippen LogP contribution in [0.25, 0.3) is 0 Å². The first kappa shape index (κ1) is 19.7. The number of benzene rings is 2. The smallest absolute Gasteiger partial charge is 0.313 e. The molecule has 4 rings (SSSR count). The lowest BCUT2D eigenvalue weighted by Gasteiger charge is -2.36. The van der Waals surface area contributed by atoms with Gasteiger partial charge in [0.15, 0.2) is 11.0 Å². The van der Waals surface area contributed by atoms with E-state index >= 15 is 0 Å². The third-order valence-corrected chi connectivity index (χ3v) is 6.48. The number of carbonyl (C=O) groups is 1. The van der Waals surface area contributed by atoms with Crippen LogP contribution >= 0.6 is 11.8 Å². The highest BCUT2D eigenvalue weighted by Gasteiger charge is 2.51. The number of thioether (sulfide) groups is 1. The van der Waals surface area contributed by atoms with Gasteiger partial charge < -0.3 is 10.0 Å². The van der Waals surface area contributed by atoms with Gasteiger partial charge in [0.25, 0.3) is 0 Å². The van der Waals surface area contributed by atoms with E-state index < -0.39 is 5.97 Å². The highest BCUT2D eigenvalue weighted by atomic mass is 32.2. The monoisotopic (exact) mass is 407 g/mol. The zero-order valence-corrected chi connectivity index (χ0v) is 17.6. The Morgan fingerprint density at radius 2 is 1.66 bits per heavy atom. The highest BCUT2D eigenvalue weighted by molar-refractivity contribution is 8.14. The van der Waals surface area contributed by atoms with E-state index in [0.29, 0.717) is 0 Å². The van der Waals surface area contributed by atoms with Crippen molar-refractivity contribution in [2.45, 2.75) is 45.1 Å². The summed E-state index contributed by atoms with van der Waals surface area (Å²) in [5.41, 5.74) is 4.01. The number of hydrogen-bond donors (Lipinski definition) is 1. The maximum absolute atomic E-state index is 11.2. The molecular formula is C23H25N3O2S. The maximum Gasteiger partial charge on any atom is 0.313 e. The van der Waals surface area contributed by atoms with Crippen molar-refractivity contribution in [2.75, 3.05) is 10.7 Å². The van der Waals surface area contributed by atoms with Crippen LogP contribution in [0.2, 0.25) is 0 Å². The van der Waals surface area contributed by atoms with E-state index in [1.54, 1.807) is 0 Å². The third-order valence-electron chi connectivity index (χ3n) is 5.55. The van der Waals surface area contributed by atoms with Gasteiger partial charge in [0, 0.05) is 5.69 Å². The van der Waals surface area contributed by atoms with Crippen LogP contribution in [0.5, 0.6) is 0 Å². The first-order chi connectivity index (χ1) is 14.0. The van der Waals surface area contributed by atoms with E-state index in [4.69, 9.17) is 9.98 Å². The molecule has 5 nitrogen and oxygen atoms in total. The summed E-state index contributed by atoms with van der Waals surface area (Å²) in [6, 6.07) is 16.5. The van der Waals surface area contributed by atoms with Crippen molar-refractivity contribution in [3.8, 4) is 0 Å². The molecule has 0 atom stereocenters. The standard InChI is InChI=1S/C23H25N3O2S/c1-16-5-9-18(10-6-16)24-21-23(13-3-4-14-23)26(19-11-7-17(2)8-12-19)22(25-21)29-15-20(27)28/h5-12H,3-4,13-15H2,1-2H3,(H,27,28). The molecule has 1 heterocycles. The van der Waals surface area contributed by atoms with Gasteiger partial charge in [-0.1, -0.05) is 60.0 Å². The van der Waals surface area contributed by atoms with Crippen molar-refractivity contribution in [3.63, 3.8) is 0 Å². The largest absolute Gasteiger partial charge is 0.481 e. The number of anilines is 1. The summed E-state index contributed by atoms with van der Waals surface area (Å²) in [7, 11) is 0. The molecule has 1 aliphatic carbocycles. The van der Waals surface area contributed by atoms with Crippen LogP contribution in [0, 0.1) is 13.8 Å². The van der Waals surface area contributed by atoms with Gasteiger partial charge in [0.05, 0.1) is 11.4 Å². The Bertz CT molecular complexity index is 959. The second-order valence-electron chi connectivity index (χ2n) is 7.76. The molecule has 0 unspecified atom stereocenters. The number of carboxylic acid groups (broad SMARTS) is 1. The predicted molar refractivity (Wildman–Crippen MR) is 121 cm³/mol. The second-order valence-corrected chi connectivity index (χ2v) is 8.70. The van der Waals surface area contributed by atoms with Crippen LogP contribution in [0.4, 0.5) is 11.4 Å². The Hall–Kier alpha value is -2.60. The summed E-state index contributed by atoms with van der Waals surface area (Å²) in [5, 5.41) is 9.95. The highest BCUT2D eigenvalue weighted by Crippen LogP contribution is 2.45. The summed E-state index contributed by atoms with van der Waals surface area (Å²) < 4.78 is 0. The lowest BCUT2D eigenvalue weighted by Crippen LogP contribution is -2.49. The van der Waals surface area contributed by atoms with Gasteiger partial charge in [-0.3, -0.25) is 4.79 Å². The minimum absolute atomic E-state index is 0.0188. The number of aliphatic imine (C=N–C) groups is 2. The SMILES string of the molecule is Cc1ccc(N=C2N=C(SCC(=O)O)N(c3ccc(C)cc3)C23CCCC3)cc1. The van der Waals surface area contributed by atoms with Gasteiger partial charge in [0.1, 0.15) is 5.54 Å². The number of carboxylic acids is 1. The predicted octanol–water partition coefficient (Wildman–Crippen LogP) is 5.34. The van der Waals surface area contributed by atoms with E-state index in [1.807, 2.05) is 12.1 Å². The molecule has 2 aliphatic rings. The van der Waals surface area contributed by atoms with E-state index in [-0.39, 0.29) is 11.3 Å². The average Bonchev–Trinajstić information content (AvgIpc) is 3.29.